The average Bonchev–Trinajstić information content (AvgIpc) is 2.93. The summed E-state index contributed by atoms with van der Waals surface area (Å²) >= 11 is 5.93. The van der Waals surface area contributed by atoms with Crippen LogP contribution < -0.4 is 5.32 Å². The fraction of sp³-hybridized carbons (Fsp3) is 0.333. The van der Waals surface area contributed by atoms with E-state index in [-0.39, 0.29) is 17.9 Å². The summed E-state index contributed by atoms with van der Waals surface area (Å²) in [5.74, 6) is -1.30. The summed E-state index contributed by atoms with van der Waals surface area (Å²) in [5, 5.41) is 12.9. The molecule has 2 unspecified atom stereocenters. The molecule has 40 heavy (non-hydrogen) atoms. The quantitative estimate of drug-likeness (QED) is 0.125. The lowest BCUT2D eigenvalue weighted by atomic mass is 9.90. The number of aliphatic carboxylic acids is 1. The summed E-state index contributed by atoms with van der Waals surface area (Å²) in [7, 11) is 0. The van der Waals surface area contributed by atoms with Crippen molar-refractivity contribution in [3.8, 4) is 0 Å². The molecule has 0 radical (unpaired) electrons. The molecular weight excluding hydrogens is 522 g/mol. The van der Waals surface area contributed by atoms with Crippen LogP contribution >= 0.6 is 11.6 Å². The van der Waals surface area contributed by atoms with Crippen molar-refractivity contribution in [2.24, 2.45) is 15.9 Å². The predicted octanol–water partition coefficient (Wildman–Crippen LogP) is 7.13. The number of halogens is 1. The summed E-state index contributed by atoms with van der Waals surface area (Å²) < 4.78 is 0. The molecule has 0 heterocycles. The van der Waals surface area contributed by atoms with Crippen LogP contribution in [0.15, 0.2) is 94.7 Å². The summed E-state index contributed by atoms with van der Waals surface area (Å²) in [6, 6.07) is 15.9. The van der Waals surface area contributed by atoms with Crippen LogP contribution in [0.25, 0.3) is 0 Å². The van der Waals surface area contributed by atoms with Crippen LogP contribution in [0.4, 0.5) is 0 Å². The van der Waals surface area contributed by atoms with Crippen molar-refractivity contribution >= 4 is 35.9 Å². The number of aryl methyl sites for hydroxylation is 1. The van der Waals surface area contributed by atoms with Crippen molar-refractivity contribution in [3.63, 3.8) is 0 Å². The first-order chi connectivity index (χ1) is 19.4. The number of benzene rings is 2. The largest absolute Gasteiger partial charge is 0.481 e. The molecule has 6 nitrogen and oxygen atoms in total. The van der Waals surface area contributed by atoms with Crippen LogP contribution in [0.2, 0.25) is 5.02 Å². The van der Waals surface area contributed by atoms with Crippen LogP contribution in [-0.2, 0) is 22.4 Å². The third kappa shape index (κ3) is 11.1. The smallest absolute Gasteiger partial charge is 0.306 e. The summed E-state index contributed by atoms with van der Waals surface area (Å²) in [5.41, 5.74) is 4.06. The number of allylic oxidation sites excluding steroid dienone is 2. The predicted molar refractivity (Wildman–Crippen MR) is 164 cm³/mol. The second-order valence-corrected chi connectivity index (χ2v) is 10.4. The first-order valence-electron chi connectivity index (χ1n) is 13.9. The molecule has 1 aliphatic rings. The Balaban J connectivity index is 1.66. The number of hydrogen-bond acceptors (Lipinski definition) is 4. The van der Waals surface area contributed by atoms with Crippen LogP contribution in [0.1, 0.15) is 62.1 Å². The van der Waals surface area contributed by atoms with E-state index in [4.69, 9.17) is 16.7 Å². The van der Waals surface area contributed by atoms with Gasteiger partial charge in [0.2, 0.25) is 0 Å². The highest BCUT2D eigenvalue weighted by Gasteiger charge is 2.18. The third-order valence-electron chi connectivity index (χ3n) is 6.81. The second kappa shape index (κ2) is 17.0. The summed E-state index contributed by atoms with van der Waals surface area (Å²) in [4.78, 5) is 32.9. The molecule has 2 aromatic carbocycles. The molecule has 7 heteroatoms. The second-order valence-electron chi connectivity index (χ2n) is 10.00. The van der Waals surface area contributed by atoms with Gasteiger partial charge in [0, 0.05) is 41.5 Å². The number of carbonyl (C=O) groups is 2. The number of nitrogens with zero attached hydrogens (tertiary/aromatic N) is 2. The molecule has 1 amide bonds. The van der Waals surface area contributed by atoms with Gasteiger partial charge in [-0.1, -0.05) is 61.3 Å². The molecule has 2 atom stereocenters. The maximum absolute atomic E-state index is 13.3. The molecular formula is C33H38ClN3O3. The van der Waals surface area contributed by atoms with E-state index in [0.29, 0.717) is 23.4 Å². The highest BCUT2D eigenvalue weighted by Crippen LogP contribution is 2.20. The summed E-state index contributed by atoms with van der Waals surface area (Å²) in [6.07, 6.45) is 18.9. The minimum absolute atomic E-state index is 0.0531. The van der Waals surface area contributed by atoms with Gasteiger partial charge in [0.05, 0.1) is 5.92 Å². The maximum atomic E-state index is 13.3. The molecule has 0 fully saturated rings. The number of rotatable bonds is 12. The standard InChI is InChI=1S/C33H38ClN3O3/c1-25(33(39)40)9-6-7-20-35-22-19-28(13-8-21-36-24-26-15-17-30(34)18-16-26)32(38)37-31-14-5-4-11-27-10-2-3-12-29(27)23-31/h2-3,8,10,12-13,15-22,24-25,31H,4-7,9,11,14,23H2,1H3,(H,37,38)(H,39,40)/b21-8+,22-19+,28-13+,35-20+,36-24+. The molecule has 2 N–H and O–H groups in total. The first kappa shape index (κ1) is 30.8. The fourth-order valence-electron chi connectivity index (χ4n) is 4.44. The highest BCUT2D eigenvalue weighted by molar-refractivity contribution is 6.30. The van der Waals surface area contributed by atoms with Gasteiger partial charge in [-0.25, -0.2) is 0 Å². The van der Waals surface area contributed by atoms with Gasteiger partial charge in [-0.3, -0.25) is 19.6 Å². The topological polar surface area (TPSA) is 91.1 Å². The monoisotopic (exact) mass is 559 g/mol. The molecule has 3 rings (SSSR count). The number of carboxylic acid groups (broad SMARTS) is 1. The van der Waals surface area contributed by atoms with Gasteiger partial charge in [0.25, 0.3) is 5.91 Å². The van der Waals surface area contributed by atoms with Gasteiger partial charge in [-0.2, -0.15) is 0 Å². The first-order valence-corrected chi connectivity index (χ1v) is 14.2. The van der Waals surface area contributed by atoms with Gasteiger partial charge >= 0.3 is 5.97 Å². The average molecular weight is 560 g/mol. The van der Waals surface area contributed by atoms with Crippen molar-refractivity contribution in [2.45, 2.75) is 64.3 Å². The number of amides is 1. The van der Waals surface area contributed by atoms with E-state index in [1.165, 1.54) is 11.1 Å². The zero-order valence-electron chi connectivity index (χ0n) is 23.0. The zero-order valence-corrected chi connectivity index (χ0v) is 23.8. The van der Waals surface area contributed by atoms with Gasteiger partial charge in [0.15, 0.2) is 0 Å². The van der Waals surface area contributed by atoms with Crippen molar-refractivity contribution < 1.29 is 14.7 Å². The lowest BCUT2D eigenvalue weighted by Crippen LogP contribution is -2.37. The number of nitrogens with one attached hydrogen (secondary N) is 1. The molecule has 0 saturated heterocycles. The van der Waals surface area contributed by atoms with E-state index in [1.54, 1.807) is 62.1 Å². The minimum Gasteiger partial charge on any atom is -0.481 e. The molecule has 210 valence electrons. The van der Waals surface area contributed by atoms with Gasteiger partial charge in [-0.15, -0.1) is 0 Å². The molecule has 1 aliphatic carbocycles. The molecule has 0 spiro atoms. The van der Waals surface area contributed by atoms with E-state index in [1.807, 2.05) is 12.1 Å². The number of aliphatic imine (C=N–C) groups is 2. The van der Waals surface area contributed by atoms with E-state index < -0.39 is 5.97 Å². The SMILES string of the molecule is CC(CCC/C=N/C=C/C(=C\C=C\N=C\c1ccc(Cl)cc1)C(=O)NC1CCCCc2ccccc2C1)C(=O)O. The molecule has 0 saturated carbocycles. The Labute approximate surface area is 242 Å². The van der Waals surface area contributed by atoms with Crippen LogP contribution in [0.3, 0.4) is 0 Å². The van der Waals surface area contributed by atoms with Gasteiger partial charge in [0.1, 0.15) is 0 Å². The Kier molecular flexibility index (Phi) is 13.1. The van der Waals surface area contributed by atoms with Crippen molar-refractivity contribution in [3.05, 3.63) is 106 Å². The molecule has 0 aromatic heterocycles. The number of carbonyl (C=O) groups excluding carboxylic acids is 1. The van der Waals surface area contributed by atoms with Crippen molar-refractivity contribution in [1.29, 1.82) is 0 Å². The van der Waals surface area contributed by atoms with E-state index >= 15 is 0 Å². The number of fused-ring (bicyclic) bond motifs is 1. The van der Waals surface area contributed by atoms with Crippen LogP contribution in [-0.4, -0.2) is 35.5 Å². The van der Waals surface area contributed by atoms with Gasteiger partial charge in [-0.05, 0) is 92.0 Å². The Hall–Kier alpha value is -3.77. The van der Waals surface area contributed by atoms with Crippen molar-refractivity contribution in [1.82, 2.24) is 5.32 Å². The van der Waals surface area contributed by atoms with E-state index in [0.717, 1.165) is 44.1 Å². The summed E-state index contributed by atoms with van der Waals surface area (Å²) in [6.45, 7) is 1.71. The Morgan fingerprint density at radius 1 is 1.07 bits per heavy atom. The lowest BCUT2D eigenvalue weighted by molar-refractivity contribution is -0.141. The van der Waals surface area contributed by atoms with Gasteiger partial charge < -0.3 is 10.4 Å². The molecule has 2 aromatic rings. The Morgan fingerprint density at radius 2 is 1.85 bits per heavy atom. The number of unbranched alkanes of at least 4 members (excludes halogenated alkanes) is 1. The van der Waals surface area contributed by atoms with E-state index in [9.17, 15) is 9.59 Å². The van der Waals surface area contributed by atoms with Crippen LogP contribution in [0.5, 0.6) is 0 Å². The normalized spacial score (nSPS) is 17.2. The fourth-order valence-corrected chi connectivity index (χ4v) is 4.57. The number of carboxylic acids is 1. The molecule has 0 aliphatic heterocycles. The lowest BCUT2D eigenvalue weighted by Gasteiger charge is -2.23. The molecule has 0 bridgehead atoms. The number of hydrogen-bond donors (Lipinski definition) is 2. The maximum Gasteiger partial charge on any atom is 0.306 e. The Morgan fingerprint density at radius 3 is 2.62 bits per heavy atom. The van der Waals surface area contributed by atoms with E-state index in [2.05, 4.69) is 39.6 Å². The highest BCUT2D eigenvalue weighted by atomic mass is 35.5. The zero-order chi connectivity index (χ0) is 28.6. The third-order valence-corrected chi connectivity index (χ3v) is 7.06. The van der Waals surface area contributed by atoms with Crippen molar-refractivity contribution in [2.75, 3.05) is 0 Å². The Bertz CT molecular complexity index is 1260. The minimum atomic E-state index is -0.782. The van der Waals surface area contributed by atoms with Crippen LogP contribution in [0, 0.1) is 5.92 Å².